The van der Waals surface area contributed by atoms with Crippen molar-refractivity contribution < 1.29 is 9.26 Å². The minimum atomic E-state index is 0.475. The van der Waals surface area contributed by atoms with Crippen LogP contribution < -0.4 is 0 Å². The summed E-state index contributed by atoms with van der Waals surface area (Å²) in [6.07, 6.45) is 6.21. The predicted molar refractivity (Wildman–Crippen MR) is 83.4 cm³/mol. The number of hydrogen-bond acceptors (Lipinski definition) is 4. The largest absolute Gasteiger partial charge is 0.381 e. The van der Waals surface area contributed by atoms with Gasteiger partial charge in [-0.15, -0.1) is 0 Å². The average Bonchev–Trinajstić information content (AvgIpc) is 2.95. The Morgan fingerprint density at radius 2 is 2.05 bits per heavy atom. The van der Waals surface area contributed by atoms with Crippen molar-refractivity contribution in [3.05, 3.63) is 30.0 Å². The lowest BCUT2D eigenvalue weighted by Gasteiger charge is -2.31. The fourth-order valence-corrected chi connectivity index (χ4v) is 3.11. The van der Waals surface area contributed by atoms with Crippen LogP contribution in [0.5, 0.6) is 0 Å². The lowest BCUT2D eigenvalue weighted by atomic mass is 10.1. The van der Waals surface area contributed by atoms with Gasteiger partial charge in [-0.3, -0.25) is 0 Å². The highest BCUT2D eigenvalue weighted by Gasteiger charge is 2.17. The number of unbranched alkanes of at least 4 members (excludes halogenated alkanes) is 1. The number of aryl methyl sites for hydroxylation is 1. The zero-order valence-corrected chi connectivity index (χ0v) is 12.8. The van der Waals surface area contributed by atoms with Crippen molar-refractivity contribution >= 4 is 11.0 Å². The monoisotopic (exact) mass is 288 g/mol. The predicted octanol–water partition coefficient (Wildman–Crippen LogP) is 3.26. The Morgan fingerprint density at radius 1 is 1.24 bits per heavy atom. The van der Waals surface area contributed by atoms with Gasteiger partial charge in [0.15, 0.2) is 5.58 Å². The number of para-hydroxylation sites is 1. The first-order valence-electron chi connectivity index (χ1n) is 7.95. The van der Waals surface area contributed by atoms with Gasteiger partial charge in [0.2, 0.25) is 0 Å². The molecule has 21 heavy (non-hydrogen) atoms. The number of piperidine rings is 1. The van der Waals surface area contributed by atoms with Gasteiger partial charge in [0.05, 0.1) is 11.8 Å². The Kier molecular flexibility index (Phi) is 4.88. The zero-order chi connectivity index (χ0) is 14.5. The molecule has 1 aliphatic rings. The van der Waals surface area contributed by atoms with Gasteiger partial charge in [-0.1, -0.05) is 17.3 Å². The molecule has 0 bridgehead atoms. The molecule has 0 radical (unpaired) electrons. The van der Waals surface area contributed by atoms with Gasteiger partial charge in [0.25, 0.3) is 0 Å². The third-order valence-corrected chi connectivity index (χ3v) is 4.46. The van der Waals surface area contributed by atoms with Crippen molar-refractivity contribution in [2.24, 2.45) is 0 Å². The van der Waals surface area contributed by atoms with E-state index in [-0.39, 0.29) is 0 Å². The molecule has 1 saturated heterocycles. The van der Waals surface area contributed by atoms with Crippen LogP contribution in [-0.2, 0) is 11.2 Å². The van der Waals surface area contributed by atoms with Crippen LogP contribution in [0.4, 0.5) is 0 Å². The molecule has 0 spiro atoms. The van der Waals surface area contributed by atoms with E-state index < -0.39 is 0 Å². The standard InChI is InChI=1S/C17H24N2O2/c1-20-14-9-12-19(13-10-14)11-5-4-7-16-15-6-2-3-8-17(15)21-18-16/h2-3,6,8,14H,4-5,7,9-13H2,1H3. The lowest BCUT2D eigenvalue weighted by Crippen LogP contribution is -2.37. The number of rotatable bonds is 6. The third-order valence-electron chi connectivity index (χ3n) is 4.46. The fourth-order valence-electron chi connectivity index (χ4n) is 3.11. The molecule has 2 heterocycles. The van der Waals surface area contributed by atoms with Gasteiger partial charge in [-0.2, -0.15) is 0 Å². The number of fused-ring (bicyclic) bond motifs is 1. The molecule has 0 aliphatic carbocycles. The van der Waals surface area contributed by atoms with Gasteiger partial charge >= 0.3 is 0 Å². The molecule has 114 valence electrons. The fraction of sp³-hybridized carbons (Fsp3) is 0.588. The summed E-state index contributed by atoms with van der Waals surface area (Å²) in [7, 11) is 1.82. The van der Waals surface area contributed by atoms with Crippen LogP contribution in [0.25, 0.3) is 11.0 Å². The molecule has 1 fully saturated rings. The Balaban J connectivity index is 1.41. The average molecular weight is 288 g/mol. The van der Waals surface area contributed by atoms with Crippen LogP contribution in [0.3, 0.4) is 0 Å². The van der Waals surface area contributed by atoms with Gasteiger partial charge in [-0.25, -0.2) is 0 Å². The highest BCUT2D eigenvalue weighted by Crippen LogP contribution is 2.19. The van der Waals surface area contributed by atoms with Crippen LogP contribution in [0.1, 0.15) is 31.4 Å². The minimum Gasteiger partial charge on any atom is -0.381 e. The molecule has 1 aromatic heterocycles. The van der Waals surface area contributed by atoms with E-state index in [1.54, 1.807) is 0 Å². The second-order valence-electron chi connectivity index (χ2n) is 5.86. The first-order valence-corrected chi connectivity index (χ1v) is 7.95. The highest BCUT2D eigenvalue weighted by molar-refractivity contribution is 5.79. The highest BCUT2D eigenvalue weighted by atomic mass is 16.5. The molecular formula is C17H24N2O2. The van der Waals surface area contributed by atoms with Crippen LogP contribution in [0.2, 0.25) is 0 Å². The Labute approximate surface area is 126 Å². The van der Waals surface area contributed by atoms with Crippen LogP contribution in [0, 0.1) is 0 Å². The van der Waals surface area contributed by atoms with Gasteiger partial charge in [0.1, 0.15) is 0 Å². The van der Waals surface area contributed by atoms with Crippen molar-refractivity contribution in [2.45, 2.75) is 38.2 Å². The maximum Gasteiger partial charge on any atom is 0.167 e. The lowest BCUT2D eigenvalue weighted by molar-refractivity contribution is 0.0407. The summed E-state index contributed by atoms with van der Waals surface area (Å²) in [5, 5.41) is 5.36. The summed E-state index contributed by atoms with van der Waals surface area (Å²) in [6.45, 7) is 3.53. The zero-order valence-electron chi connectivity index (χ0n) is 12.8. The van der Waals surface area contributed by atoms with E-state index in [1.165, 1.54) is 50.7 Å². The molecular weight excluding hydrogens is 264 g/mol. The van der Waals surface area contributed by atoms with Crippen LogP contribution >= 0.6 is 0 Å². The van der Waals surface area contributed by atoms with E-state index in [1.807, 2.05) is 25.3 Å². The van der Waals surface area contributed by atoms with E-state index in [0.29, 0.717) is 6.10 Å². The second-order valence-corrected chi connectivity index (χ2v) is 5.86. The molecule has 0 saturated carbocycles. The Hall–Kier alpha value is -1.39. The third kappa shape index (κ3) is 3.63. The smallest absolute Gasteiger partial charge is 0.167 e. The number of aromatic nitrogens is 1. The molecule has 3 rings (SSSR count). The number of nitrogens with zero attached hydrogens (tertiary/aromatic N) is 2. The number of methoxy groups -OCH3 is 1. The van der Waals surface area contributed by atoms with Crippen molar-refractivity contribution in [1.82, 2.24) is 10.1 Å². The maximum atomic E-state index is 5.41. The maximum absolute atomic E-state index is 5.41. The summed E-state index contributed by atoms with van der Waals surface area (Å²) >= 11 is 0. The van der Waals surface area contributed by atoms with Crippen molar-refractivity contribution in [1.29, 1.82) is 0 Å². The minimum absolute atomic E-state index is 0.475. The quantitative estimate of drug-likeness (QED) is 0.765. The molecule has 4 heteroatoms. The molecule has 1 aromatic carbocycles. The second kappa shape index (κ2) is 7.05. The SMILES string of the molecule is COC1CCN(CCCCc2noc3ccccc23)CC1. The first-order chi connectivity index (χ1) is 10.4. The molecule has 4 nitrogen and oxygen atoms in total. The van der Waals surface area contributed by atoms with Crippen molar-refractivity contribution in [3.8, 4) is 0 Å². The normalized spacial score (nSPS) is 17.6. The van der Waals surface area contributed by atoms with Crippen molar-refractivity contribution in [3.63, 3.8) is 0 Å². The summed E-state index contributed by atoms with van der Waals surface area (Å²) in [5.41, 5.74) is 2.00. The van der Waals surface area contributed by atoms with E-state index in [4.69, 9.17) is 9.26 Å². The van der Waals surface area contributed by atoms with Gasteiger partial charge in [0, 0.05) is 25.6 Å². The molecule has 0 N–H and O–H groups in total. The van der Waals surface area contributed by atoms with Crippen LogP contribution in [0.15, 0.2) is 28.8 Å². The first kappa shape index (κ1) is 14.5. The number of hydrogen-bond donors (Lipinski definition) is 0. The molecule has 0 amide bonds. The molecule has 1 aliphatic heterocycles. The Morgan fingerprint density at radius 3 is 2.86 bits per heavy atom. The molecule has 0 unspecified atom stereocenters. The van der Waals surface area contributed by atoms with Crippen LogP contribution in [-0.4, -0.2) is 42.9 Å². The Bertz CT molecular complexity index is 559. The molecule has 2 aromatic rings. The number of benzene rings is 1. The van der Waals surface area contributed by atoms with E-state index in [9.17, 15) is 0 Å². The summed E-state index contributed by atoms with van der Waals surface area (Å²) < 4.78 is 10.8. The summed E-state index contributed by atoms with van der Waals surface area (Å²) in [4.78, 5) is 2.55. The van der Waals surface area contributed by atoms with Gasteiger partial charge < -0.3 is 14.2 Å². The van der Waals surface area contributed by atoms with E-state index in [0.717, 1.165) is 17.7 Å². The van der Waals surface area contributed by atoms with Gasteiger partial charge in [-0.05, 0) is 50.8 Å². The van der Waals surface area contributed by atoms with E-state index in [2.05, 4.69) is 16.1 Å². The number of ether oxygens (including phenoxy) is 1. The topological polar surface area (TPSA) is 38.5 Å². The summed E-state index contributed by atoms with van der Waals surface area (Å²) in [5.74, 6) is 0. The number of likely N-dealkylation sites (tertiary alicyclic amines) is 1. The molecule has 0 atom stereocenters. The van der Waals surface area contributed by atoms with E-state index >= 15 is 0 Å². The summed E-state index contributed by atoms with van der Waals surface area (Å²) in [6, 6.07) is 8.10. The van der Waals surface area contributed by atoms with Crippen molar-refractivity contribution in [2.75, 3.05) is 26.7 Å².